The van der Waals surface area contributed by atoms with Crippen LogP contribution in [0, 0.1) is 0 Å². The second kappa shape index (κ2) is 5.00. The molecule has 0 atom stereocenters. The van der Waals surface area contributed by atoms with Crippen LogP contribution in [0.3, 0.4) is 0 Å². The van der Waals surface area contributed by atoms with E-state index in [-0.39, 0.29) is 12.5 Å². The summed E-state index contributed by atoms with van der Waals surface area (Å²) in [6, 6.07) is 9.23. The van der Waals surface area contributed by atoms with E-state index in [9.17, 15) is 4.48 Å². The number of guanidine groups is 1. The molecule has 0 radical (unpaired) electrons. The van der Waals surface area contributed by atoms with Crippen LogP contribution < -0.4 is 5.73 Å². The van der Waals surface area contributed by atoms with Crippen LogP contribution in [0.15, 0.2) is 33.5 Å². The number of hydrogen-bond donors (Lipinski definition) is 1. The Bertz CT molecular complexity index is 289. The first-order valence-electron chi connectivity index (χ1n) is 3.65. The van der Waals surface area contributed by atoms with Crippen molar-refractivity contribution in [2.45, 2.75) is 6.54 Å². The highest BCUT2D eigenvalue weighted by molar-refractivity contribution is 14.1. The highest BCUT2D eigenvalue weighted by Gasteiger charge is 2.05. The molecule has 13 heavy (non-hydrogen) atoms. The standard InChI is InChI=1S/C8H9FIN3/c9-13(8(11)12-10)6-7-4-2-1-3-5-7/h1-5H,6H2,(H2,11,12). The lowest BCUT2D eigenvalue weighted by molar-refractivity contribution is 0.110. The Morgan fingerprint density at radius 1 is 1.46 bits per heavy atom. The van der Waals surface area contributed by atoms with Crippen molar-refractivity contribution in [1.82, 2.24) is 5.12 Å². The summed E-state index contributed by atoms with van der Waals surface area (Å²) in [6.07, 6.45) is 0. The van der Waals surface area contributed by atoms with Gasteiger partial charge in [-0.25, -0.2) is 0 Å². The number of nitrogens with zero attached hydrogens (tertiary/aromatic N) is 2. The van der Waals surface area contributed by atoms with E-state index in [2.05, 4.69) is 3.21 Å². The summed E-state index contributed by atoms with van der Waals surface area (Å²) in [4.78, 5) is 0. The van der Waals surface area contributed by atoms with Crippen LogP contribution in [0.4, 0.5) is 4.48 Å². The second-order valence-electron chi connectivity index (χ2n) is 2.45. The van der Waals surface area contributed by atoms with Crippen molar-refractivity contribution in [3.63, 3.8) is 0 Å². The molecule has 1 aromatic carbocycles. The van der Waals surface area contributed by atoms with Crippen molar-refractivity contribution >= 4 is 28.8 Å². The Labute approximate surface area is 89.9 Å². The van der Waals surface area contributed by atoms with Gasteiger partial charge in [0.2, 0.25) is 5.96 Å². The number of hydrogen-bond acceptors (Lipinski definition) is 1. The van der Waals surface area contributed by atoms with Gasteiger partial charge in [-0.15, -0.1) is 0 Å². The van der Waals surface area contributed by atoms with E-state index in [1.54, 1.807) is 22.9 Å². The second-order valence-corrected chi connectivity index (χ2v) is 2.93. The average molecular weight is 293 g/mol. The highest BCUT2D eigenvalue weighted by atomic mass is 127. The van der Waals surface area contributed by atoms with Crippen molar-refractivity contribution in [1.29, 1.82) is 0 Å². The fourth-order valence-corrected chi connectivity index (χ4v) is 1.10. The lowest BCUT2D eigenvalue weighted by atomic mass is 10.2. The van der Waals surface area contributed by atoms with Crippen LogP contribution in [0.1, 0.15) is 5.56 Å². The zero-order valence-electron chi connectivity index (χ0n) is 6.82. The van der Waals surface area contributed by atoms with Crippen LogP contribution in [0.2, 0.25) is 0 Å². The highest BCUT2D eigenvalue weighted by Crippen LogP contribution is 2.04. The van der Waals surface area contributed by atoms with Crippen molar-refractivity contribution < 1.29 is 4.48 Å². The van der Waals surface area contributed by atoms with E-state index < -0.39 is 0 Å². The van der Waals surface area contributed by atoms with E-state index in [0.717, 1.165) is 5.56 Å². The molecule has 5 heteroatoms. The Morgan fingerprint density at radius 3 is 2.62 bits per heavy atom. The van der Waals surface area contributed by atoms with Crippen molar-refractivity contribution in [3.8, 4) is 0 Å². The minimum absolute atomic E-state index is 0.121. The van der Waals surface area contributed by atoms with E-state index in [4.69, 9.17) is 5.73 Å². The molecule has 1 rings (SSSR count). The number of benzene rings is 1. The fraction of sp³-hybridized carbons (Fsp3) is 0.125. The third-order valence-electron chi connectivity index (χ3n) is 1.50. The van der Waals surface area contributed by atoms with Crippen LogP contribution in [0.25, 0.3) is 0 Å². The predicted octanol–water partition coefficient (Wildman–Crippen LogP) is 2.04. The predicted molar refractivity (Wildman–Crippen MR) is 58.7 cm³/mol. The quantitative estimate of drug-likeness (QED) is 0.392. The summed E-state index contributed by atoms with van der Waals surface area (Å²) in [6.45, 7) is 0.124. The summed E-state index contributed by atoms with van der Waals surface area (Å²) in [5.41, 5.74) is 6.11. The average Bonchev–Trinajstić information content (AvgIpc) is 2.18. The summed E-state index contributed by atoms with van der Waals surface area (Å²) in [7, 11) is 0. The Hall–Kier alpha value is -0.850. The largest absolute Gasteiger partial charge is 0.367 e. The van der Waals surface area contributed by atoms with Crippen molar-refractivity contribution in [2.24, 2.45) is 8.94 Å². The van der Waals surface area contributed by atoms with E-state index in [1.165, 1.54) is 0 Å². The lowest BCUT2D eigenvalue weighted by Gasteiger charge is -2.10. The van der Waals surface area contributed by atoms with Gasteiger partial charge >= 0.3 is 0 Å². The molecular weight excluding hydrogens is 284 g/mol. The minimum Gasteiger partial charge on any atom is -0.367 e. The van der Waals surface area contributed by atoms with E-state index in [0.29, 0.717) is 5.12 Å². The molecule has 0 fully saturated rings. The zero-order chi connectivity index (χ0) is 9.68. The van der Waals surface area contributed by atoms with Gasteiger partial charge in [0.1, 0.15) is 0 Å². The molecule has 0 aromatic heterocycles. The maximum Gasteiger partial charge on any atom is 0.230 e. The van der Waals surface area contributed by atoms with Crippen LogP contribution >= 0.6 is 22.9 Å². The summed E-state index contributed by atoms with van der Waals surface area (Å²) < 4.78 is 16.6. The maximum atomic E-state index is 13.1. The number of nitrogens with two attached hydrogens (primary N) is 1. The molecule has 70 valence electrons. The Morgan fingerprint density at radius 2 is 2.08 bits per heavy atom. The molecule has 0 unspecified atom stereocenters. The smallest absolute Gasteiger partial charge is 0.230 e. The first kappa shape index (κ1) is 10.2. The van der Waals surface area contributed by atoms with Crippen molar-refractivity contribution in [2.75, 3.05) is 0 Å². The Kier molecular flexibility index (Phi) is 3.94. The van der Waals surface area contributed by atoms with Crippen molar-refractivity contribution in [3.05, 3.63) is 35.9 Å². The Balaban J connectivity index is 2.60. The minimum atomic E-state index is -0.121. The molecular formula is C8H9FIN3. The topological polar surface area (TPSA) is 41.6 Å². The monoisotopic (exact) mass is 293 g/mol. The molecule has 0 amide bonds. The molecule has 0 bridgehead atoms. The maximum absolute atomic E-state index is 13.1. The van der Waals surface area contributed by atoms with E-state index >= 15 is 0 Å². The SMILES string of the molecule is NC(=NI)N(F)Cc1ccccc1. The molecule has 1 aromatic rings. The van der Waals surface area contributed by atoms with Crippen LogP contribution in [-0.2, 0) is 6.54 Å². The number of rotatable bonds is 2. The molecule has 0 heterocycles. The van der Waals surface area contributed by atoms with Gasteiger partial charge in [0, 0.05) is 0 Å². The van der Waals surface area contributed by atoms with Crippen LogP contribution in [-0.4, -0.2) is 11.1 Å². The molecule has 0 aliphatic heterocycles. The molecule has 0 aliphatic rings. The third-order valence-corrected chi connectivity index (χ3v) is 1.99. The molecule has 0 saturated heterocycles. The molecule has 0 saturated carbocycles. The van der Waals surface area contributed by atoms with Gasteiger partial charge in [-0.3, -0.25) is 0 Å². The summed E-state index contributed by atoms with van der Waals surface area (Å²) >= 11 is 1.65. The van der Waals surface area contributed by atoms with Gasteiger partial charge < -0.3 is 5.73 Å². The van der Waals surface area contributed by atoms with Gasteiger partial charge in [0.25, 0.3) is 0 Å². The van der Waals surface area contributed by atoms with E-state index in [1.807, 2.05) is 30.3 Å². The normalized spacial score (nSPS) is 11.4. The molecule has 0 aliphatic carbocycles. The molecule has 0 spiro atoms. The zero-order valence-corrected chi connectivity index (χ0v) is 8.98. The summed E-state index contributed by atoms with van der Waals surface area (Å²) in [5, 5.41) is 0.405. The van der Waals surface area contributed by atoms with Gasteiger partial charge in [0.05, 0.1) is 29.4 Å². The molecule has 2 N–H and O–H groups in total. The summed E-state index contributed by atoms with van der Waals surface area (Å²) in [5.74, 6) is -0.121. The van der Waals surface area contributed by atoms with Gasteiger partial charge in [-0.1, -0.05) is 34.8 Å². The fourth-order valence-electron chi connectivity index (χ4n) is 0.866. The lowest BCUT2D eigenvalue weighted by Crippen LogP contribution is -2.29. The van der Waals surface area contributed by atoms with Gasteiger partial charge in [-0.2, -0.15) is 8.33 Å². The number of halogens is 2. The first-order valence-corrected chi connectivity index (χ1v) is 4.62. The molecule has 3 nitrogen and oxygen atoms in total. The third kappa shape index (κ3) is 3.17. The van der Waals surface area contributed by atoms with Crippen LogP contribution in [0.5, 0.6) is 0 Å². The first-order chi connectivity index (χ1) is 6.24. The van der Waals surface area contributed by atoms with Gasteiger partial charge in [-0.05, 0) is 5.56 Å². The van der Waals surface area contributed by atoms with Gasteiger partial charge in [0.15, 0.2) is 0 Å².